The third kappa shape index (κ3) is 3.53. The molecule has 2 saturated heterocycles. The molecule has 2 aliphatic rings. The molecule has 0 radical (unpaired) electrons. The van der Waals surface area contributed by atoms with Gasteiger partial charge in [-0.05, 0) is 49.8 Å². The van der Waals surface area contributed by atoms with Crippen LogP contribution in [0.1, 0.15) is 40.9 Å². The number of benzene rings is 1. The van der Waals surface area contributed by atoms with Crippen LogP contribution in [-0.2, 0) is 12.6 Å². The van der Waals surface area contributed by atoms with Gasteiger partial charge in [0.15, 0.2) is 0 Å². The van der Waals surface area contributed by atoms with Crippen LogP contribution in [0.25, 0.3) is 5.69 Å². The second-order valence-electron chi connectivity index (χ2n) is 8.20. The van der Waals surface area contributed by atoms with Crippen LogP contribution in [0.3, 0.4) is 0 Å². The standard InChI is InChI=1S/C22H19F4N5O/c23-17-11-14(22(24,25)26)12-27-18(17)10-13-9-15-5-6-19(13)30(15)21(32)16-3-1-2-4-20(16)31-28-7-8-29-31/h1-4,7-8,11-13,15,19H,5-6,9-10H2. The van der Waals surface area contributed by atoms with Crippen LogP contribution < -0.4 is 0 Å². The Kier molecular flexibility index (Phi) is 4.94. The minimum Gasteiger partial charge on any atom is -0.332 e. The smallest absolute Gasteiger partial charge is 0.332 e. The molecule has 0 saturated carbocycles. The van der Waals surface area contributed by atoms with E-state index in [4.69, 9.17) is 0 Å². The van der Waals surface area contributed by atoms with Crippen molar-refractivity contribution in [3.63, 3.8) is 0 Å². The molecule has 0 spiro atoms. The van der Waals surface area contributed by atoms with Crippen LogP contribution in [0.5, 0.6) is 0 Å². The summed E-state index contributed by atoms with van der Waals surface area (Å²) in [5, 5.41) is 8.24. The molecule has 2 fully saturated rings. The number of pyridine rings is 1. The van der Waals surface area contributed by atoms with Gasteiger partial charge in [-0.1, -0.05) is 12.1 Å². The molecule has 6 nitrogen and oxygen atoms in total. The topological polar surface area (TPSA) is 63.9 Å². The molecular weight excluding hydrogens is 426 g/mol. The highest BCUT2D eigenvalue weighted by Gasteiger charge is 2.49. The average Bonchev–Trinajstić information content (AvgIpc) is 3.50. The van der Waals surface area contributed by atoms with E-state index in [0.29, 0.717) is 29.9 Å². The molecular formula is C22H19F4N5O. The van der Waals surface area contributed by atoms with E-state index in [1.807, 2.05) is 4.90 Å². The van der Waals surface area contributed by atoms with Gasteiger partial charge in [-0.2, -0.15) is 28.2 Å². The number of hydrogen-bond donors (Lipinski definition) is 0. The van der Waals surface area contributed by atoms with Crippen LogP contribution in [0.4, 0.5) is 17.6 Å². The fraction of sp³-hybridized carbons (Fsp3) is 0.364. The van der Waals surface area contributed by atoms with E-state index in [1.54, 1.807) is 24.3 Å². The quantitative estimate of drug-likeness (QED) is 0.569. The summed E-state index contributed by atoms with van der Waals surface area (Å²) < 4.78 is 52.8. The van der Waals surface area contributed by atoms with Gasteiger partial charge in [-0.3, -0.25) is 9.78 Å². The Labute approximate surface area is 180 Å². The van der Waals surface area contributed by atoms with Crippen LogP contribution in [0.2, 0.25) is 0 Å². The minimum absolute atomic E-state index is 0.00379. The number of carbonyl (C=O) groups excluding carboxylic acids is 1. The van der Waals surface area contributed by atoms with Crippen LogP contribution >= 0.6 is 0 Å². The second kappa shape index (κ2) is 7.68. The van der Waals surface area contributed by atoms with Crippen molar-refractivity contribution in [2.75, 3.05) is 0 Å². The van der Waals surface area contributed by atoms with E-state index >= 15 is 0 Å². The summed E-state index contributed by atoms with van der Waals surface area (Å²) in [6.45, 7) is 0. The lowest BCUT2D eigenvalue weighted by Crippen LogP contribution is -2.37. The first-order valence-corrected chi connectivity index (χ1v) is 10.3. The van der Waals surface area contributed by atoms with Crippen molar-refractivity contribution in [2.45, 2.75) is 43.9 Å². The van der Waals surface area contributed by atoms with Crippen molar-refractivity contribution in [1.29, 1.82) is 0 Å². The lowest BCUT2D eigenvalue weighted by atomic mass is 9.85. The van der Waals surface area contributed by atoms with Crippen molar-refractivity contribution in [3.05, 3.63) is 71.6 Å². The van der Waals surface area contributed by atoms with Crippen molar-refractivity contribution in [1.82, 2.24) is 24.9 Å². The molecule has 3 atom stereocenters. The summed E-state index contributed by atoms with van der Waals surface area (Å²) in [6, 6.07) is 7.46. The number of carbonyl (C=O) groups is 1. The Morgan fingerprint density at radius 2 is 1.88 bits per heavy atom. The van der Waals surface area contributed by atoms with Crippen LogP contribution in [-0.4, -0.2) is 42.9 Å². The third-order valence-electron chi connectivity index (χ3n) is 6.37. The molecule has 2 aromatic heterocycles. The van der Waals surface area contributed by atoms with Crippen molar-refractivity contribution in [2.24, 2.45) is 5.92 Å². The molecule has 32 heavy (non-hydrogen) atoms. The number of halogens is 4. The van der Waals surface area contributed by atoms with E-state index < -0.39 is 17.6 Å². The highest BCUT2D eigenvalue weighted by Crippen LogP contribution is 2.44. The lowest BCUT2D eigenvalue weighted by Gasteiger charge is -2.25. The first kappa shape index (κ1) is 20.6. The molecule has 166 valence electrons. The van der Waals surface area contributed by atoms with Crippen molar-refractivity contribution >= 4 is 5.91 Å². The summed E-state index contributed by atoms with van der Waals surface area (Å²) in [6.07, 6.45) is 1.56. The molecule has 2 bridgehead atoms. The fourth-order valence-electron chi connectivity index (χ4n) is 4.98. The number of aromatic nitrogens is 4. The maximum atomic E-state index is 14.3. The van der Waals surface area contributed by atoms with Gasteiger partial charge in [0.25, 0.3) is 5.91 Å². The normalized spacial score (nSPS) is 22.5. The molecule has 5 rings (SSSR count). The Bertz CT molecular complexity index is 1150. The van der Waals surface area contributed by atoms with Gasteiger partial charge in [0.2, 0.25) is 0 Å². The Morgan fingerprint density at radius 1 is 1.12 bits per heavy atom. The number of hydrogen-bond acceptors (Lipinski definition) is 4. The number of rotatable bonds is 4. The van der Waals surface area contributed by atoms with Gasteiger partial charge in [0, 0.05) is 18.3 Å². The molecule has 1 amide bonds. The van der Waals surface area contributed by atoms with Gasteiger partial charge in [0.1, 0.15) is 5.82 Å². The van der Waals surface area contributed by atoms with Gasteiger partial charge in [-0.15, -0.1) is 0 Å². The largest absolute Gasteiger partial charge is 0.417 e. The average molecular weight is 445 g/mol. The second-order valence-corrected chi connectivity index (χ2v) is 8.20. The SMILES string of the molecule is O=C(c1ccccc1-n1nccn1)N1C2CCC1C(Cc1ncc(C(F)(F)F)cc1F)C2. The molecule has 10 heteroatoms. The van der Waals surface area contributed by atoms with Gasteiger partial charge < -0.3 is 4.90 Å². The zero-order valence-electron chi connectivity index (χ0n) is 16.8. The highest BCUT2D eigenvalue weighted by atomic mass is 19.4. The number of amides is 1. The number of para-hydroxylation sites is 1. The predicted octanol–water partition coefficient (Wildman–Crippen LogP) is 4.06. The van der Waals surface area contributed by atoms with Crippen molar-refractivity contribution < 1.29 is 22.4 Å². The summed E-state index contributed by atoms with van der Waals surface area (Å²) >= 11 is 0. The lowest BCUT2D eigenvalue weighted by molar-refractivity contribution is -0.138. The van der Waals surface area contributed by atoms with E-state index in [1.165, 1.54) is 17.2 Å². The summed E-state index contributed by atoms with van der Waals surface area (Å²) in [4.78, 5) is 20.5. The van der Waals surface area contributed by atoms with E-state index in [2.05, 4.69) is 15.2 Å². The van der Waals surface area contributed by atoms with Gasteiger partial charge in [-0.25, -0.2) is 4.39 Å². The van der Waals surface area contributed by atoms with Crippen molar-refractivity contribution in [3.8, 4) is 5.69 Å². The van der Waals surface area contributed by atoms with Crippen LogP contribution in [0, 0.1) is 11.7 Å². The zero-order chi connectivity index (χ0) is 22.5. The van der Waals surface area contributed by atoms with Gasteiger partial charge >= 0.3 is 6.18 Å². The predicted molar refractivity (Wildman–Crippen MR) is 105 cm³/mol. The molecule has 3 aromatic rings. The molecule has 0 N–H and O–H groups in total. The maximum Gasteiger partial charge on any atom is 0.417 e. The van der Waals surface area contributed by atoms with Gasteiger partial charge in [0.05, 0.1) is 34.9 Å². The molecule has 3 unspecified atom stereocenters. The molecule has 4 heterocycles. The number of fused-ring (bicyclic) bond motifs is 2. The first-order chi connectivity index (χ1) is 15.3. The summed E-state index contributed by atoms with van der Waals surface area (Å²) in [7, 11) is 0. The number of nitrogens with zero attached hydrogens (tertiary/aromatic N) is 5. The van der Waals surface area contributed by atoms with Crippen LogP contribution in [0.15, 0.2) is 48.9 Å². The van der Waals surface area contributed by atoms with E-state index in [9.17, 15) is 22.4 Å². The third-order valence-corrected chi connectivity index (χ3v) is 6.37. The minimum atomic E-state index is -4.64. The summed E-state index contributed by atoms with van der Waals surface area (Å²) in [5.74, 6) is -1.17. The maximum absolute atomic E-state index is 14.3. The monoisotopic (exact) mass is 445 g/mol. The Morgan fingerprint density at radius 3 is 2.59 bits per heavy atom. The zero-order valence-corrected chi connectivity index (χ0v) is 16.8. The number of alkyl halides is 3. The Hall–Kier alpha value is -3.30. The molecule has 1 aromatic carbocycles. The molecule has 0 aliphatic carbocycles. The van der Waals surface area contributed by atoms with E-state index in [-0.39, 0.29) is 36.0 Å². The Balaban J connectivity index is 1.38. The highest BCUT2D eigenvalue weighted by molar-refractivity contribution is 5.98. The summed E-state index contributed by atoms with van der Waals surface area (Å²) in [5.41, 5.74) is -0.0580. The molecule has 2 aliphatic heterocycles. The van der Waals surface area contributed by atoms with E-state index in [0.717, 1.165) is 12.8 Å². The fourth-order valence-corrected chi connectivity index (χ4v) is 4.98. The first-order valence-electron chi connectivity index (χ1n) is 10.3.